The molecule has 2 heterocycles. The van der Waals surface area contributed by atoms with Gasteiger partial charge in [0, 0.05) is 17.0 Å². The van der Waals surface area contributed by atoms with Gasteiger partial charge in [0.15, 0.2) is 0 Å². The molecule has 0 unspecified atom stereocenters. The Hall–Kier alpha value is -2.77. The predicted octanol–water partition coefficient (Wildman–Crippen LogP) is 2.90. The lowest BCUT2D eigenvalue weighted by Gasteiger charge is -2.09. The highest BCUT2D eigenvalue weighted by atomic mass is 32.2. The van der Waals surface area contributed by atoms with Crippen LogP contribution in [-0.4, -0.2) is 23.2 Å². The third-order valence-electron chi connectivity index (χ3n) is 4.66. The summed E-state index contributed by atoms with van der Waals surface area (Å²) in [5.74, 6) is 0. The third kappa shape index (κ3) is 2.85. The lowest BCUT2D eigenvalue weighted by Crippen LogP contribution is -2.12. The molecule has 0 radical (unpaired) electrons. The fourth-order valence-electron chi connectivity index (χ4n) is 3.10. The largest absolute Gasteiger partial charge is 0.260 e. The highest BCUT2D eigenvalue weighted by molar-refractivity contribution is 7.89. The summed E-state index contributed by atoms with van der Waals surface area (Å²) in [5, 5.41) is 11.7. The molecular formula is C19H18N4O2S. The molecule has 7 heteroatoms. The molecule has 6 nitrogen and oxygen atoms in total. The Bertz CT molecular complexity index is 1240. The Kier molecular flexibility index (Phi) is 3.78. The van der Waals surface area contributed by atoms with Crippen LogP contribution in [0.1, 0.15) is 16.7 Å². The van der Waals surface area contributed by atoms with Crippen molar-refractivity contribution in [1.82, 2.24) is 14.8 Å². The Morgan fingerprint density at radius 2 is 1.73 bits per heavy atom. The van der Waals surface area contributed by atoms with Crippen LogP contribution in [0.4, 0.5) is 0 Å². The van der Waals surface area contributed by atoms with Crippen molar-refractivity contribution in [3.8, 4) is 0 Å². The van der Waals surface area contributed by atoms with E-state index in [4.69, 9.17) is 5.14 Å². The Labute approximate surface area is 151 Å². The van der Waals surface area contributed by atoms with Crippen LogP contribution in [0.5, 0.6) is 0 Å². The Balaban J connectivity index is 1.82. The van der Waals surface area contributed by atoms with Crippen LogP contribution in [0.15, 0.2) is 53.7 Å². The minimum atomic E-state index is -3.68. The number of primary sulfonamides is 1. The van der Waals surface area contributed by atoms with E-state index >= 15 is 0 Å². The van der Waals surface area contributed by atoms with Crippen LogP contribution >= 0.6 is 0 Å². The van der Waals surface area contributed by atoms with Crippen LogP contribution in [-0.2, 0) is 16.6 Å². The molecule has 0 aliphatic rings. The van der Waals surface area contributed by atoms with Gasteiger partial charge in [0.2, 0.25) is 10.0 Å². The van der Waals surface area contributed by atoms with Crippen molar-refractivity contribution in [2.75, 3.05) is 0 Å². The standard InChI is InChI=1S/C19H18N4O2S/c1-12-7-17-18(8-13(12)2)21-9-15-10-22-23(19(15)17)11-14-3-5-16(6-4-14)26(20,24)25/h3-10H,11H2,1-2H3,(H2,20,24,25). The van der Waals surface area contributed by atoms with Crippen molar-refractivity contribution in [2.45, 2.75) is 25.3 Å². The molecule has 0 aliphatic carbocycles. The Morgan fingerprint density at radius 3 is 2.42 bits per heavy atom. The topological polar surface area (TPSA) is 90.9 Å². The first-order valence-corrected chi connectivity index (χ1v) is 9.71. The third-order valence-corrected chi connectivity index (χ3v) is 5.59. The van der Waals surface area contributed by atoms with E-state index in [1.807, 2.05) is 10.9 Å². The van der Waals surface area contributed by atoms with Crippen molar-refractivity contribution < 1.29 is 8.42 Å². The summed E-state index contributed by atoms with van der Waals surface area (Å²) in [6.45, 7) is 4.69. The van der Waals surface area contributed by atoms with E-state index in [-0.39, 0.29) is 4.90 Å². The van der Waals surface area contributed by atoms with E-state index < -0.39 is 10.0 Å². The van der Waals surface area contributed by atoms with Gasteiger partial charge in [-0.25, -0.2) is 13.6 Å². The summed E-state index contributed by atoms with van der Waals surface area (Å²) in [6, 6.07) is 10.8. The Morgan fingerprint density at radius 1 is 1.04 bits per heavy atom. The zero-order chi connectivity index (χ0) is 18.5. The number of aryl methyl sites for hydroxylation is 2. The summed E-state index contributed by atoms with van der Waals surface area (Å²) in [7, 11) is -3.68. The van der Waals surface area contributed by atoms with Gasteiger partial charge >= 0.3 is 0 Å². The number of hydrogen-bond donors (Lipinski definition) is 1. The average molecular weight is 366 g/mol. The number of nitrogens with two attached hydrogens (primary N) is 1. The lowest BCUT2D eigenvalue weighted by atomic mass is 10.0. The van der Waals surface area contributed by atoms with Crippen LogP contribution < -0.4 is 5.14 Å². The summed E-state index contributed by atoms with van der Waals surface area (Å²) in [6.07, 6.45) is 3.63. The fourth-order valence-corrected chi connectivity index (χ4v) is 3.62. The van der Waals surface area contributed by atoms with Gasteiger partial charge in [0.1, 0.15) is 0 Å². The number of pyridine rings is 1. The second kappa shape index (κ2) is 5.89. The molecule has 26 heavy (non-hydrogen) atoms. The maximum atomic E-state index is 11.4. The van der Waals surface area contributed by atoms with Crippen LogP contribution in [0.3, 0.4) is 0 Å². The highest BCUT2D eigenvalue weighted by Gasteiger charge is 2.11. The molecular weight excluding hydrogens is 348 g/mol. The van der Waals surface area contributed by atoms with Gasteiger partial charge in [0.05, 0.1) is 28.7 Å². The molecule has 0 atom stereocenters. The number of nitrogens with zero attached hydrogens (tertiary/aromatic N) is 3. The zero-order valence-corrected chi connectivity index (χ0v) is 15.3. The highest BCUT2D eigenvalue weighted by Crippen LogP contribution is 2.26. The SMILES string of the molecule is Cc1cc2ncc3cnn(Cc4ccc(S(N)(=O)=O)cc4)c3c2cc1C. The zero-order valence-electron chi connectivity index (χ0n) is 14.5. The number of aromatic nitrogens is 3. The molecule has 0 amide bonds. The van der Waals surface area contributed by atoms with E-state index in [0.29, 0.717) is 6.54 Å². The molecule has 4 aromatic rings. The van der Waals surface area contributed by atoms with E-state index in [9.17, 15) is 8.42 Å². The van der Waals surface area contributed by atoms with Gasteiger partial charge < -0.3 is 0 Å². The van der Waals surface area contributed by atoms with Gasteiger partial charge in [0.25, 0.3) is 0 Å². The van der Waals surface area contributed by atoms with Gasteiger partial charge in [-0.15, -0.1) is 0 Å². The number of fused-ring (bicyclic) bond motifs is 3. The maximum absolute atomic E-state index is 11.4. The quantitative estimate of drug-likeness (QED) is 0.603. The van der Waals surface area contributed by atoms with Gasteiger partial charge in [-0.2, -0.15) is 5.10 Å². The van der Waals surface area contributed by atoms with Crippen molar-refractivity contribution >= 4 is 31.8 Å². The smallest absolute Gasteiger partial charge is 0.238 e. The molecule has 2 N–H and O–H groups in total. The van der Waals surface area contributed by atoms with E-state index in [1.165, 1.54) is 23.3 Å². The van der Waals surface area contributed by atoms with E-state index in [2.05, 4.69) is 36.1 Å². The van der Waals surface area contributed by atoms with Crippen LogP contribution in [0, 0.1) is 13.8 Å². The summed E-state index contributed by atoms with van der Waals surface area (Å²) in [4.78, 5) is 4.64. The number of sulfonamides is 1. The molecule has 2 aromatic heterocycles. The minimum absolute atomic E-state index is 0.104. The monoisotopic (exact) mass is 366 g/mol. The number of benzene rings is 2. The van der Waals surface area contributed by atoms with Gasteiger partial charge in [-0.1, -0.05) is 12.1 Å². The van der Waals surface area contributed by atoms with Gasteiger partial charge in [-0.05, 0) is 54.8 Å². The first-order chi connectivity index (χ1) is 12.3. The average Bonchev–Trinajstić information content (AvgIpc) is 2.99. The van der Waals surface area contributed by atoms with Crippen molar-refractivity contribution in [2.24, 2.45) is 5.14 Å². The number of rotatable bonds is 3. The van der Waals surface area contributed by atoms with Gasteiger partial charge in [-0.3, -0.25) is 9.67 Å². The van der Waals surface area contributed by atoms with Crippen LogP contribution in [0.25, 0.3) is 21.8 Å². The maximum Gasteiger partial charge on any atom is 0.238 e. The van der Waals surface area contributed by atoms with E-state index in [0.717, 1.165) is 27.4 Å². The van der Waals surface area contributed by atoms with Crippen LogP contribution in [0.2, 0.25) is 0 Å². The van der Waals surface area contributed by atoms with Crippen molar-refractivity contribution in [3.05, 3.63) is 65.5 Å². The molecule has 0 bridgehead atoms. The summed E-state index contributed by atoms with van der Waals surface area (Å²) < 4.78 is 24.7. The second-order valence-electron chi connectivity index (χ2n) is 6.51. The number of hydrogen-bond acceptors (Lipinski definition) is 4. The molecule has 2 aromatic carbocycles. The predicted molar refractivity (Wildman–Crippen MR) is 101 cm³/mol. The first-order valence-electron chi connectivity index (χ1n) is 8.16. The molecule has 4 rings (SSSR count). The second-order valence-corrected chi connectivity index (χ2v) is 8.07. The van der Waals surface area contributed by atoms with Crippen molar-refractivity contribution in [1.29, 1.82) is 0 Å². The first kappa shape index (κ1) is 16.7. The lowest BCUT2D eigenvalue weighted by molar-refractivity contribution is 0.597. The van der Waals surface area contributed by atoms with Crippen molar-refractivity contribution in [3.63, 3.8) is 0 Å². The molecule has 132 valence electrons. The normalized spacial score (nSPS) is 12.1. The minimum Gasteiger partial charge on any atom is -0.260 e. The van der Waals surface area contributed by atoms with E-state index in [1.54, 1.807) is 18.3 Å². The molecule has 0 saturated carbocycles. The molecule has 0 fully saturated rings. The summed E-state index contributed by atoms with van der Waals surface area (Å²) in [5.41, 5.74) is 5.31. The summed E-state index contributed by atoms with van der Waals surface area (Å²) >= 11 is 0. The molecule has 0 aliphatic heterocycles. The molecule has 0 saturated heterocycles. The fraction of sp³-hybridized carbons (Fsp3) is 0.158. The molecule has 0 spiro atoms.